The topological polar surface area (TPSA) is 107 Å². The summed E-state index contributed by atoms with van der Waals surface area (Å²) in [6.45, 7) is 2.06. The van der Waals surface area contributed by atoms with Gasteiger partial charge in [-0.2, -0.15) is 0 Å². The molecule has 0 aromatic heterocycles. The monoisotopic (exact) mass is 182 g/mol. The quantitative estimate of drug-likeness (QED) is 0.374. The Morgan fingerprint density at radius 1 is 1.18 bits per heavy atom. The van der Waals surface area contributed by atoms with Gasteiger partial charge in [0.15, 0.2) is 0 Å². The molecule has 0 fully saturated rings. The molecule has 0 unspecified atom stereocenters. The molecule has 0 atom stereocenters. The third-order valence-corrected chi connectivity index (χ3v) is 0. The van der Waals surface area contributed by atoms with Crippen molar-refractivity contribution < 1.29 is 84.4 Å². The second-order valence-electron chi connectivity index (χ2n) is 1.01. The molecule has 0 aliphatic carbocycles. The van der Waals surface area contributed by atoms with Gasteiger partial charge in [-0.05, 0) is 6.92 Å². The normalized spacial score (nSPS) is 4.55. The molecule has 2 N–H and O–H groups in total. The summed E-state index contributed by atoms with van der Waals surface area (Å²) in [4.78, 5) is 17.9. The van der Waals surface area contributed by atoms with Crippen molar-refractivity contribution in [2.45, 2.75) is 13.8 Å². The van der Waals surface area contributed by atoms with Crippen molar-refractivity contribution in [2.24, 2.45) is 0 Å². The van der Waals surface area contributed by atoms with Crippen LogP contribution in [0.15, 0.2) is 0 Å². The fraction of sp³-hybridized carbons (Fsp3) is 0.500. The largest absolute Gasteiger partial charge is 1.00 e. The third kappa shape index (κ3) is 1070. The first-order valence-electron chi connectivity index (χ1n) is 1.84. The number of aliphatic carboxylic acids is 2. The van der Waals surface area contributed by atoms with Crippen LogP contribution in [0.3, 0.4) is 0 Å². The smallest absolute Gasteiger partial charge is 0.870 e. The zero-order chi connectivity index (χ0) is 7.15. The number of carboxylic acid groups (broad SMARTS) is 2. The number of rotatable bonds is 0. The molecule has 56 valence electrons. The van der Waals surface area contributed by atoms with Gasteiger partial charge in [-0.15, -0.1) is 0 Å². The SMILES string of the molecule is CC(=O)O.CC(=O)[O-].[Na+].[Na+].[OH-]. The van der Waals surface area contributed by atoms with Crippen molar-refractivity contribution in [3.8, 4) is 0 Å². The molecule has 5 nitrogen and oxygen atoms in total. The van der Waals surface area contributed by atoms with Gasteiger partial charge in [0.1, 0.15) is 0 Å². The summed E-state index contributed by atoms with van der Waals surface area (Å²) in [5, 5.41) is 16.3. The van der Waals surface area contributed by atoms with Gasteiger partial charge in [-0.1, -0.05) is 0 Å². The van der Waals surface area contributed by atoms with E-state index in [0.29, 0.717) is 0 Å². The minimum atomic E-state index is -1.08. The predicted octanol–water partition coefficient (Wildman–Crippen LogP) is -7.32. The van der Waals surface area contributed by atoms with Gasteiger partial charge in [0.25, 0.3) is 5.97 Å². The molecule has 0 amide bonds. The summed E-state index contributed by atoms with van der Waals surface area (Å²) < 4.78 is 0. The summed E-state index contributed by atoms with van der Waals surface area (Å²) in [5.74, 6) is -1.92. The fourth-order valence-electron chi connectivity index (χ4n) is 0. The first kappa shape index (κ1) is 29.7. The van der Waals surface area contributed by atoms with Gasteiger partial charge in [0.2, 0.25) is 0 Å². The molecule has 0 aromatic rings. The summed E-state index contributed by atoms with van der Waals surface area (Å²) in [5.41, 5.74) is 0. The van der Waals surface area contributed by atoms with E-state index < -0.39 is 11.9 Å². The average molecular weight is 182 g/mol. The van der Waals surface area contributed by atoms with Crippen molar-refractivity contribution in [3.05, 3.63) is 0 Å². The van der Waals surface area contributed by atoms with Crippen molar-refractivity contribution >= 4 is 11.9 Å². The van der Waals surface area contributed by atoms with E-state index in [1.54, 1.807) is 0 Å². The standard InChI is InChI=1S/2C2H4O2.2Na.H2O/c2*1-2(3)4;;;/h2*1H3,(H,3,4);;;1H2/q;;2*+1;/p-2. The zero-order valence-corrected chi connectivity index (χ0v) is 11.1. The Balaban J connectivity index is -0.0000000171. The van der Waals surface area contributed by atoms with E-state index in [0.717, 1.165) is 13.8 Å². The molecule has 0 heterocycles. The van der Waals surface area contributed by atoms with Crippen LogP contribution < -0.4 is 64.2 Å². The van der Waals surface area contributed by atoms with Gasteiger partial charge >= 0.3 is 59.1 Å². The van der Waals surface area contributed by atoms with Crippen LogP contribution in [-0.4, -0.2) is 22.5 Å². The molecule has 0 spiro atoms. The number of hydrogen-bond donors (Lipinski definition) is 1. The summed E-state index contributed by atoms with van der Waals surface area (Å²) in [7, 11) is 0. The van der Waals surface area contributed by atoms with E-state index in [1.807, 2.05) is 0 Å². The van der Waals surface area contributed by atoms with Crippen LogP contribution in [0.2, 0.25) is 0 Å². The van der Waals surface area contributed by atoms with E-state index in [2.05, 4.69) is 0 Å². The Morgan fingerprint density at radius 3 is 1.18 bits per heavy atom. The van der Waals surface area contributed by atoms with E-state index in [4.69, 9.17) is 19.8 Å². The van der Waals surface area contributed by atoms with Crippen molar-refractivity contribution in [1.82, 2.24) is 0 Å². The predicted molar refractivity (Wildman–Crippen MR) is 25.9 cm³/mol. The molecule has 0 bridgehead atoms. The van der Waals surface area contributed by atoms with Gasteiger partial charge in [-0.3, -0.25) is 4.79 Å². The van der Waals surface area contributed by atoms with E-state index in [-0.39, 0.29) is 64.6 Å². The Kier molecular flexibility index (Phi) is 60.6. The Hall–Kier alpha value is 0.900. The molecule has 0 aromatic carbocycles. The number of carboxylic acids is 2. The second-order valence-corrected chi connectivity index (χ2v) is 1.01. The molecule has 0 aliphatic rings. The molecular weight excluding hydrogens is 174 g/mol. The summed E-state index contributed by atoms with van der Waals surface area (Å²) >= 11 is 0. The Labute approximate surface area is 109 Å². The Bertz CT molecular complexity index is 74.5. The van der Waals surface area contributed by atoms with Crippen molar-refractivity contribution in [2.75, 3.05) is 0 Å². The maximum absolute atomic E-state index is 9.00. The van der Waals surface area contributed by atoms with Gasteiger partial charge in [0, 0.05) is 12.9 Å². The minimum absolute atomic E-state index is 0. The van der Waals surface area contributed by atoms with E-state index in [9.17, 15) is 0 Å². The fourth-order valence-corrected chi connectivity index (χ4v) is 0. The van der Waals surface area contributed by atoms with Crippen LogP contribution in [0.5, 0.6) is 0 Å². The molecule has 0 aliphatic heterocycles. The molecule has 0 saturated carbocycles. The van der Waals surface area contributed by atoms with Gasteiger partial charge < -0.3 is 20.5 Å². The average Bonchev–Trinajstić information content (AvgIpc) is 1.25. The van der Waals surface area contributed by atoms with Crippen LogP contribution >= 0.6 is 0 Å². The van der Waals surface area contributed by atoms with Crippen LogP contribution in [-0.2, 0) is 9.59 Å². The van der Waals surface area contributed by atoms with Crippen LogP contribution in [0.4, 0.5) is 0 Å². The molecule has 0 saturated heterocycles. The summed E-state index contributed by atoms with van der Waals surface area (Å²) in [6.07, 6.45) is 0. The van der Waals surface area contributed by atoms with Crippen molar-refractivity contribution in [1.29, 1.82) is 0 Å². The van der Waals surface area contributed by atoms with E-state index >= 15 is 0 Å². The van der Waals surface area contributed by atoms with Crippen LogP contribution in [0.25, 0.3) is 0 Å². The number of hydrogen-bond acceptors (Lipinski definition) is 4. The maximum Gasteiger partial charge on any atom is 1.00 e. The zero-order valence-electron chi connectivity index (χ0n) is 7.12. The maximum atomic E-state index is 9.00. The van der Waals surface area contributed by atoms with Crippen LogP contribution in [0, 0.1) is 0 Å². The van der Waals surface area contributed by atoms with Crippen molar-refractivity contribution in [3.63, 3.8) is 0 Å². The Morgan fingerprint density at radius 2 is 1.18 bits per heavy atom. The van der Waals surface area contributed by atoms with Crippen LogP contribution in [0.1, 0.15) is 13.8 Å². The molecular formula is C4H8Na2O5. The first-order valence-corrected chi connectivity index (χ1v) is 1.84. The number of carbonyl (C=O) groups is 2. The summed E-state index contributed by atoms with van der Waals surface area (Å²) in [6, 6.07) is 0. The number of carbonyl (C=O) groups excluding carboxylic acids is 1. The third-order valence-electron chi connectivity index (χ3n) is 0. The van der Waals surface area contributed by atoms with Gasteiger partial charge in [-0.25, -0.2) is 0 Å². The second kappa shape index (κ2) is 22.4. The van der Waals surface area contributed by atoms with E-state index in [1.165, 1.54) is 0 Å². The minimum Gasteiger partial charge on any atom is -0.870 e. The first-order chi connectivity index (χ1) is 3.46. The molecule has 7 heteroatoms. The molecule has 0 rings (SSSR count). The molecule has 0 radical (unpaired) electrons. The molecule has 11 heavy (non-hydrogen) atoms. The van der Waals surface area contributed by atoms with Gasteiger partial charge in [0.05, 0.1) is 0 Å².